The maximum absolute atomic E-state index is 9.32. The number of rotatable bonds is 3. The topological polar surface area (TPSA) is 81.5 Å². The number of hydrogen-bond acceptors (Lipinski definition) is 4. The molecule has 0 bridgehead atoms. The van der Waals surface area contributed by atoms with Crippen molar-refractivity contribution >= 4 is 11.4 Å². The summed E-state index contributed by atoms with van der Waals surface area (Å²) in [5.41, 5.74) is 14.7. The molecule has 110 valence electrons. The predicted octanol–water partition coefficient (Wildman–Crippen LogP) is 4.02. The number of anilines is 2. The van der Waals surface area contributed by atoms with Crippen LogP contribution in [-0.4, -0.2) is 5.11 Å². The maximum atomic E-state index is 9.32. The fourth-order valence-corrected chi connectivity index (χ4v) is 2.16. The molecule has 0 unspecified atom stereocenters. The molecule has 3 aromatic carbocycles. The van der Waals surface area contributed by atoms with E-state index in [2.05, 4.69) is 0 Å². The van der Waals surface area contributed by atoms with Gasteiger partial charge in [0.2, 0.25) is 0 Å². The number of nitrogen functional groups attached to an aromatic ring is 2. The van der Waals surface area contributed by atoms with E-state index in [-0.39, 0.29) is 5.75 Å². The molecule has 0 spiro atoms. The van der Waals surface area contributed by atoms with E-state index in [0.29, 0.717) is 22.9 Å². The van der Waals surface area contributed by atoms with Crippen LogP contribution in [0.5, 0.6) is 17.2 Å². The number of benzene rings is 3. The SMILES string of the molecule is Nc1ccc(Oc2ccc(-c3ccc(O)cc3)cc2)c(N)c1. The lowest BCUT2D eigenvalue weighted by Crippen LogP contribution is -1.94. The van der Waals surface area contributed by atoms with Crippen molar-refractivity contribution in [3.8, 4) is 28.4 Å². The average molecular weight is 292 g/mol. The molecular weight excluding hydrogens is 276 g/mol. The van der Waals surface area contributed by atoms with E-state index in [1.165, 1.54) is 0 Å². The summed E-state index contributed by atoms with van der Waals surface area (Å²) in [7, 11) is 0. The standard InChI is InChI=1S/C18H16N2O2/c19-14-5-10-18(17(20)11-14)22-16-8-3-13(4-9-16)12-1-6-15(21)7-2-12/h1-11,21H,19-20H2. The summed E-state index contributed by atoms with van der Waals surface area (Å²) in [6.45, 7) is 0. The van der Waals surface area contributed by atoms with Crippen molar-refractivity contribution in [2.45, 2.75) is 0 Å². The minimum absolute atomic E-state index is 0.252. The molecule has 4 heteroatoms. The second-order valence-electron chi connectivity index (χ2n) is 4.97. The van der Waals surface area contributed by atoms with Crippen molar-refractivity contribution < 1.29 is 9.84 Å². The van der Waals surface area contributed by atoms with Crippen molar-refractivity contribution in [3.05, 3.63) is 66.7 Å². The first kappa shape index (κ1) is 13.8. The van der Waals surface area contributed by atoms with Crippen LogP contribution < -0.4 is 16.2 Å². The summed E-state index contributed by atoms with van der Waals surface area (Å²) < 4.78 is 5.75. The fraction of sp³-hybridized carbons (Fsp3) is 0. The van der Waals surface area contributed by atoms with E-state index in [4.69, 9.17) is 16.2 Å². The van der Waals surface area contributed by atoms with E-state index in [9.17, 15) is 5.11 Å². The first-order valence-electron chi connectivity index (χ1n) is 6.84. The Hall–Kier alpha value is -3.14. The maximum Gasteiger partial charge on any atom is 0.150 e. The Labute approximate surface area is 128 Å². The molecule has 22 heavy (non-hydrogen) atoms. The molecule has 0 aromatic heterocycles. The highest BCUT2D eigenvalue weighted by Gasteiger charge is 2.04. The quantitative estimate of drug-likeness (QED) is 0.637. The average Bonchev–Trinajstić information content (AvgIpc) is 2.52. The third-order valence-electron chi connectivity index (χ3n) is 3.32. The highest BCUT2D eigenvalue weighted by Crippen LogP contribution is 2.30. The Morgan fingerprint density at radius 1 is 0.727 bits per heavy atom. The van der Waals surface area contributed by atoms with E-state index < -0.39 is 0 Å². The Kier molecular flexibility index (Phi) is 3.58. The highest BCUT2D eigenvalue weighted by atomic mass is 16.5. The van der Waals surface area contributed by atoms with Crippen molar-refractivity contribution in [1.82, 2.24) is 0 Å². The third kappa shape index (κ3) is 2.96. The van der Waals surface area contributed by atoms with Gasteiger partial charge in [0.05, 0.1) is 5.69 Å². The zero-order chi connectivity index (χ0) is 15.5. The first-order valence-corrected chi connectivity index (χ1v) is 6.84. The van der Waals surface area contributed by atoms with Gasteiger partial charge < -0.3 is 21.3 Å². The normalized spacial score (nSPS) is 10.4. The van der Waals surface area contributed by atoms with Gasteiger partial charge in [-0.1, -0.05) is 24.3 Å². The molecular formula is C18H16N2O2. The highest BCUT2D eigenvalue weighted by molar-refractivity contribution is 5.65. The fourth-order valence-electron chi connectivity index (χ4n) is 2.16. The number of ether oxygens (including phenoxy) is 1. The van der Waals surface area contributed by atoms with Gasteiger partial charge in [0.1, 0.15) is 17.2 Å². The molecule has 0 aliphatic rings. The Morgan fingerprint density at radius 2 is 1.32 bits per heavy atom. The summed E-state index contributed by atoms with van der Waals surface area (Å²) in [6.07, 6.45) is 0. The van der Waals surface area contributed by atoms with E-state index in [1.807, 2.05) is 36.4 Å². The van der Waals surface area contributed by atoms with Gasteiger partial charge in [-0.2, -0.15) is 0 Å². The zero-order valence-electron chi connectivity index (χ0n) is 11.9. The summed E-state index contributed by atoms with van der Waals surface area (Å²) in [6, 6.07) is 19.9. The predicted molar refractivity (Wildman–Crippen MR) is 88.9 cm³/mol. The third-order valence-corrected chi connectivity index (χ3v) is 3.32. The van der Waals surface area contributed by atoms with Gasteiger partial charge in [-0.25, -0.2) is 0 Å². The second-order valence-corrected chi connectivity index (χ2v) is 4.97. The molecule has 3 aromatic rings. The van der Waals surface area contributed by atoms with Gasteiger partial charge in [0.15, 0.2) is 0 Å². The molecule has 0 saturated carbocycles. The molecule has 3 rings (SSSR count). The van der Waals surface area contributed by atoms with Crippen molar-refractivity contribution in [1.29, 1.82) is 0 Å². The summed E-state index contributed by atoms with van der Waals surface area (Å²) in [5.74, 6) is 1.52. The van der Waals surface area contributed by atoms with Crippen LogP contribution in [0.2, 0.25) is 0 Å². The summed E-state index contributed by atoms with van der Waals surface area (Å²) in [4.78, 5) is 0. The second kappa shape index (κ2) is 5.69. The van der Waals surface area contributed by atoms with Gasteiger partial charge in [0.25, 0.3) is 0 Å². The van der Waals surface area contributed by atoms with Gasteiger partial charge >= 0.3 is 0 Å². The lowest BCUT2D eigenvalue weighted by atomic mass is 10.1. The number of phenols is 1. The van der Waals surface area contributed by atoms with Gasteiger partial charge in [0, 0.05) is 5.69 Å². The van der Waals surface area contributed by atoms with Crippen molar-refractivity contribution in [3.63, 3.8) is 0 Å². The first-order chi connectivity index (χ1) is 10.6. The molecule has 0 atom stereocenters. The van der Waals surface area contributed by atoms with Crippen LogP contribution >= 0.6 is 0 Å². The van der Waals surface area contributed by atoms with Crippen LogP contribution in [0.25, 0.3) is 11.1 Å². The Balaban J connectivity index is 1.80. The van der Waals surface area contributed by atoms with Crippen LogP contribution in [0.1, 0.15) is 0 Å². The monoisotopic (exact) mass is 292 g/mol. The molecule has 0 aliphatic carbocycles. The zero-order valence-corrected chi connectivity index (χ0v) is 11.9. The van der Waals surface area contributed by atoms with E-state index >= 15 is 0 Å². The number of aromatic hydroxyl groups is 1. The molecule has 0 saturated heterocycles. The number of hydrogen-bond donors (Lipinski definition) is 3. The van der Waals surface area contributed by atoms with Crippen molar-refractivity contribution in [2.75, 3.05) is 11.5 Å². The van der Waals surface area contributed by atoms with Crippen LogP contribution in [0.4, 0.5) is 11.4 Å². The Bertz CT molecular complexity index is 781. The molecule has 0 radical (unpaired) electrons. The molecule has 5 N–H and O–H groups in total. The van der Waals surface area contributed by atoms with Crippen LogP contribution in [-0.2, 0) is 0 Å². The van der Waals surface area contributed by atoms with Gasteiger partial charge in [-0.3, -0.25) is 0 Å². The minimum Gasteiger partial charge on any atom is -0.508 e. The molecule has 0 fully saturated rings. The molecule has 0 heterocycles. The largest absolute Gasteiger partial charge is 0.508 e. The van der Waals surface area contributed by atoms with Crippen LogP contribution in [0, 0.1) is 0 Å². The van der Waals surface area contributed by atoms with Crippen LogP contribution in [0.15, 0.2) is 66.7 Å². The molecule has 4 nitrogen and oxygen atoms in total. The molecule has 0 amide bonds. The Morgan fingerprint density at radius 3 is 1.91 bits per heavy atom. The number of nitrogens with two attached hydrogens (primary N) is 2. The smallest absolute Gasteiger partial charge is 0.150 e. The number of phenolic OH excluding ortho intramolecular Hbond substituents is 1. The van der Waals surface area contributed by atoms with Crippen molar-refractivity contribution in [2.24, 2.45) is 0 Å². The molecule has 0 aliphatic heterocycles. The van der Waals surface area contributed by atoms with E-state index in [0.717, 1.165) is 11.1 Å². The van der Waals surface area contributed by atoms with Gasteiger partial charge in [-0.05, 0) is 53.6 Å². The lowest BCUT2D eigenvalue weighted by Gasteiger charge is -2.10. The minimum atomic E-state index is 0.252. The van der Waals surface area contributed by atoms with Crippen LogP contribution in [0.3, 0.4) is 0 Å². The van der Waals surface area contributed by atoms with E-state index in [1.54, 1.807) is 30.3 Å². The summed E-state index contributed by atoms with van der Waals surface area (Å²) >= 11 is 0. The lowest BCUT2D eigenvalue weighted by molar-refractivity contribution is 0.475. The summed E-state index contributed by atoms with van der Waals surface area (Å²) in [5, 5.41) is 9.32. The van der Waals surface area contributed by atoms with Gasteiger partial charge in [-0.15, -0.1) is 0 Å².